The van der Waals surface area contributed by atoms with E-state index in [4.69, 9.17) is 28.1 Å². The van der Waals surface area contributed by atoms with Gasteiger partial charge in [-0.2, -0.15) is 0 Å². The van der Waals surface area contributed by atoms with E-state index in [9.17, 15) is 0 Å². The van der Waals surface area contributed by atoms with Crippen molar-refractivity contribution in [3.63, 3.8) is 0 Å². The summed E-state index contributed by atoms with van der Waals surface area (Å²) in [5.41, 5.74) is 5.87. The molecule has 0 bridgehead atoms. The highest BCUT2D eigenvalue weighted by molar-refractivity contribution is 6.62. The third-order valence-electron chi connectivity index (χ3n) is 9.56. The average Bonchev–Trinajstić information content (AvgIpc) is 3.72. The molecule has 5 aromatic carbocycles. The van der Waals surface area contributed by atoms with Crippen LogP contribution in [0.3, 0.4) is 0 Å². The first kappa shape index (κ1) is 30.1. The van der Waals surface area contributed by atoms with Gasteiger partial charge in [-0.05, 0) is 64.1 Å². The van der Waals surface area contributed by atoms with Gasteiger partial charge in [-0.25, -0.2) is 9.98 Å². The van der Waals surface area contributed by atoms with Crippen molar-refractivity contribution in [1.82, 2.24) is 0 Å². The Hall–Kier alpha value is -5.31. The lowest BCUT2D eigenvalue weighted by molar-refractivity contribution is 0.00578. The standard InChI is InChI=1S/C40H34BN3O4/c1-39(2)40(3,4)48-41(47-39)28-19-21-34-32(23-28)31-16-11-14-27(36(31)46-34)24-43-38(44-37(42-5)25-12-7-6-8-13-25)26-18-20-30-29-15-9-10-17-33(29)45-35(30)22-26/h6-23H,5,24H2,1-4H3. The second-order valence-corrected chi connectivity index (χ2v) is 13.1. The Bertz CT molecular complexity index is 2400. The first-order valence-electron chi connectivity index (χ1n) is 16.1. The molecule has 8 heteroatoms. The topological polar surface area (TPSA) is 81.8 Å². The van der Waals surface area contributed by atoms with Gasteiger partial charge >= 0.3 is 7.12 Å². The zero-order valence-electron chi connectivity index (χ0n) is 27.4. The number of fused-ring (bicyclic) bond motifs is 6. The predicted molar refractivity (Wildman–Crippen MR) is 196 cm³/mol. The summed E-state index contributed by atoms with van der Waals surface area (Å²) < 4.78 is 25.3. The normalized spacial score (nSPS) is 16.5. The Kier molecular flexibility index (Phi) is 7.16. The van der Waals surface area contributed by atoms with E-state index in [-0.39, 0.29) is 0 Å². The highest BCUT2D eigenvalue weighted by Gasteiger charge is 2.51. The third-order valence-corrected chi connectivity index (χ3v) is 9.56. The van der Waals surface area contributed by atoms with Gasteiger partial charge in [0.1, 0.15) is 22.3 Å². The molecule has 0 radical (unpaired) electrons. The Labute approximate surface area is 278 Å². The second kappa shape index (κ2) is 11.4. The van der Waals surface area contributed by atoms with E-state index in [1.165, 1.54) is 0 Å². The van der Waals surface area contributed by atoms with Crippen molar-refractivity contribution >= 4 is 74.8 Å². The number of hydrogen-bond donors (Lipinski definition) is 0. The van der Waals surface area contributed by atoms with E-state index in [0.717, 1.165) is 66.0 Å². The first-order valence-corrected chi connectivity index (χ1v) is 16.1. The fourth-order valence-electron chi connectivity index (χ4n) is 6.22. The van der Waals surface area contributed by atoms with Crippen LogP contribution in [0.25, 0.3) is 43.9 Å². The Morgan fingerprint density at radius 3 is 2.12 bits per heavy atom. The van der Waals surface area contributed by atoms with Crippen LogP contribution < -0.4 is 5.46 Å². The second-order valence-electron chi connectivity index (χ2n) is 13.1. The lowest BCUT2D eigenvalue weighted by Gasteiger charge is -2.32. The molecule has 0 spiro atoms. The number of nitrogens with zero attached hydrogens (tertiary/aromatic N) is 3. The number of furan rings is 2. The van der Waals surface area contributed by atoms with Crippen molar-refractivity contribution in [2.24, 2.45) is 15.0 Å². The monoisotopic (exact) mass is 631 g/mol. The lowest BCUT2D eigenvalue weighted by atomic mass is 9.78. The van der Waals surface area contributed by atoms with Gasteiger partial charge in [0.05, 0.1) is 17.7 Å². The molecule has 0 N–H and O–H groups in total. The minimum absolute atomic E-state index is 0.331. The highest BCUT2D eigenvalue weighted by atomic mass is 16.7. The summed E-state index contributed by atoms with van der Waals surface area (Å²) in [6.07, 6.45) is 0. The Balaban J connectivity index is 1.20. The molecule has 0 unspecified atom stereocenters. The van der Waals surface area contributed by atoms with E-state index < -0.39 is 18.3 Å². The number of hydrogen-bond acceptors (Lipinski definition) is 5. The smallest absolute Gasteiger partial charge is 0.456 e. The van der Waals surface area contributed by atoms with Crippen LogP contribution in [0.4, 0.5) is 0 Å². The summed E-state index contributed by atoms with van der Waals surface area (Å²) in [6, 6.07) is 36.1. The van der Waals surface area contributed by atoms with E-state index in [2.05, 4.69) is 63.7 Å². The van der Waals surface area contributed by atoms with Crippen molar-refractivity contribution in [3.8, 4) is 0 Å². The highest BCUT2D eigenvalue weighted by Crippen LogP contribution is 2.37. The van der Waals surface area contributed by atoms with Crippen LogP contribution in [0.2, 0.25) is 0 Å². The molecule has 48 heavy (non-hydrogen) atoms. The molecular weight excluding hydrogens is 597 g/mol. The van der Waals surface area contributed by atoms with Crippen LogP contribution in [0.5, 0.6) is 0 Å². The third kappa shape index (κ3) is 5.14. The van der Waals surface area contributed by atoms with E-state index in [0.29, 0.717) is 18.2 Å². The molecule has 2 aromatic heterocycles. The maximum absolute atomic E-state index is 6.45. The van der Waals surface area contributed by atoms with Gasteiger partial charge in [0.2, 0.25) is 0 Å². The summed E-state index contributed by atoms with van der Waals surface area (Å²) in [4.78, 5) is 14.3. The number of benzene rings is 5. The molecule has 7 nitrogen and oxygen atoms in total. The van der Waals surface area contributed by atoms with Crippen LogP contribution in [-0.4, -0.2) is 36.7 Å². The molecule has 1 saturated heterocycles. The molecule has 8 rings (SSSR count). The SMILES string of the molecule is C=NC(=NC(=NCc1cccc2c1oc1ccc(B3OC(C)(C)C(C)(C)O3)cc12)c1ccc2c(c1)oc1ccccc12)c1ccccc1. The van der Waals surface area contributed by atoms with Crippen LogP contribution in [0.1, 0.15) is 44.4 Å². The fourth-order valence-corrected chi connectivity index (χ4v) is 6.22. The number of aliphatic imine (C=N–C) groups is 3. The fraction of sp³-hybridized carbons (Fsp3) is 0.175. The van der Waals surface area contributed by atoms with Gasteiger partial charge < -0.3 is 18.1 Å². The Morgan fingerprint density at radius 2 is 1.33 bits per heavy atom. The van der Waals surface area contributed by atoms with Gasteiger partial charge in [-0.3, -0.25) is 4.99 Å². The first-order chi connectivity index (χ1) is 23.2. The van der Waals surface area contributed by atoms with Crippen LogP contribution in [0, 0.1) is 0 Å². The minimum atomic E-state index is -0.459. The molecule has 3 heterocycles. The zero-order chi connectivity index (χ0) is 33.0. The molecule has 0 saturated carbocycles. The summed E-state index contributed by atoms with van der Waals surface area (Å²) in [5, 5.41) is 4.10. The van der Waals surface area contributed by atoms with Crippen molar-refractivity contribution in [2.45, 2.75) is 45.4 Å². The van der Waals surface area contributed by atoms with Gasteiger partial charge in [0.15, 0.2) is 11.7 Å². The van der Waals surface area contributed by atoms with Gasteiger partial charge in [-0.1, -0.05) is 84.9 Å². The molecule has 236 valence electrons. The van der Waals surface area contributed by atoms with E-state index in [1.54, 1.807) is 0 Å². The maximum Gasteiger partial charge on any atom is 0.494 e. The molecule has 1 aliphatic heterocycles. The zero-order valence-corrected chi connectivity index (χ0v) is 27.4. The molecular formula is C40H34BN3O4. The van der Waals surface area contributed by atoms with E-state index >= 15 is 0 Å². The largest absolute Gasteiger partial charge is 0.494 e. The average molecular weight is 632 g/mol. The number of amidine groups is 2. The molecule has 1 aliphatic rings. The maximum atomic E-state index is 6.45. The molecule has 0 atom stereocenters. The van der Waals surface area contributed by atoms with Gasteiger partial charge in [-0.15, -0.1) is 0 Å². The summed E-state index contributed by atoms with van der Waals surface area (Å²) >= 11 is 0. The summed E-state index contributed by atoms with van der Waals surface area (Å²) in [6.45, 7) is 12.4. The lowest BCUT2D eigenvalue weighted by Crippen LogP contribution is -2.41. The molecule has 0 aliphatic carbocycles. The van der Waals surface area contributed by atoms with Crippen molar-refractivity contribution in [3.05, 3.63) is 126 Å². The van der Waals surface area contributed by atoms with E-state index in [1.807, 2.05) is 84.9 Å². The minimum Gasteiger partial charge on any atom is -0.456 e. The molecule has 0 amide bonds. The number of para-hydroxylation sites is 2. The molecule has 1 fully saturated rings. The van der Waals surface area contributed by atoms with Gasteiger partial charge in [0.25, 0.3) is 0 Å². The van der Waals surface area contributed by atoms with Crippen molar-refractivity contribution < 1.29 is 18.1 Å². The summed E-state index contributed by atoms with van der Waals surface area (Å²) in [5.74, 6) is 0.996. The molecule has 7 aromatic rings. The van der Waals surface area contributed by atoms with Crippen LogP contribution in [0.15, 0.2) is 133 Å². The van der Waals surface area contributed by atoms with Crippen molar-refractivity contribution in [1.29, 1.82) is 0 Å². The van der Waals surface area contributed by atoms with Gasteiger partial charge in [0, 0.05) is 38.2 Å². The quantitative estimate of drug-likeness (QED) is 0.108. The number of rotatable bonds is 5. The Morgan fingerprint density at radius 1 is 0.625 bits per heavy atom. The summed E-state index contributed by atoms with van der Waals surface area (Å²) in [7, 11) is -0.459. The van der Waals surface area contributed by atoms with Crippen LogP contribution in [-0.2, 0) is 15.9 Å². The van der Waals surface area contributed by atoms with Crippen LogP contribution >= 0.6 is 0 Å². The van der Waals surface area contributed by atoms with Crippen molar-refractivity contribution in [2.75, 3.05) is 0 Å². The predicted octanol–water partition coefficient (Wildman–Crippen LogP) is 8.88.